The number of nitrogens with zero attached hydrogens (tertiary/aromatic N) is 1. The molecule has 1 aliphatic heterocycles. The van der Waals surface area contributed by atoms with Gasteiger partial charge in [-0.1, -0.05) is 13.3 Å². The number of nitrogens with two attached hydrogens (primary N) is 1. The van der Waals surface area contributed by atoms with Crippen molar-refractivity contribution in [2.45, 2.75) is 38.6 Å². The second-order valence-electron chi connectivity index (χ2n) is 5.26. The summed E-state index contributed by atoms with van der Waals surface area (Å²) in [4.78, 5) is 2.48. The monoisotopic (exact) mass is 392 g/mol. The molecule has 2 N–H and O–H groups in total. The molecule has 0 spiro atoms. The van der Waals surface area contributed by atoms with Crippen LogP contribution in [0.3, 0.4) is 0 Å². The summed E-state index contributed by atoms with van der Waals surface area (Å²) in [6, 6.07) is 2.22. The number of rotatable bonds is 4. The zero-order chi connectivity index (χ0) is 13.8. The first-order valence-corrected chi connectivity index (χ1v) is 8.63. The molecule has 2 heterocycles. The maximum Gasteiger partial charge on any atom is 0.183 e. The van der Waals surface area contributed by atoms with E-state index in [0.717, 1.165) is 33.9 Å². The first kappa shape index (κ1) is 15.5. The fourth-order valence-electron chi connectivity index (χ4n) is 2.88. The van der Waals surface area contributed by atoms with Gasteiger partial charge in [0.15, 0.2) is 4.67 Å². The van der Waals surface area contributed by atoms with E-state index in [-0.39, 0.29) is 6.04 Å². The van der Waals surface area contributed by atoms with Crippen LogP contribution in [0.4, 0.5) is 0 Å². The summed E-state index contributed by atoms with van der Waals surface area (Å²) in [5.41, 5.74) is 5.98. The van der Waals surface area contributed by atoms with E-state index >= 15 is 0 Å². The maximum absolute atomic E-state index is 5.98. The van der Waals surface area contributed by atoms with Gasteiger partial charge in [0.25, 0.3) is 0 Å². The number of hydrogen-bond donors (Lipinski definition) is 1. The highest BCUT2D eigenvalue weighted by Crippen LogP contribution is 2.33. The predicted molar refractivity (Wildman–Crippen MR) is 85.1 cm³/mol. The van der Waals surface area contributed by atoms with Crippen molar-refractivity contribution in [1.29, 1.82) is 0 Å². The largest absolute Gasteiger partial charge is 0.451 e. The van der Waals surface area contributed by atoms with Crippen molar-refractivity contribution in [3.05, 3.63) is 21.0 Å². The van der Waals surface area contributed by atoms with Gasteiger partial charge < -0.3 is 10.2 Å². The SMILES string of the molecule is CCC1CCCN(C(CN)c2cc(Br)c(Br)o2)CC1. The van der Waals surface area contributed by atoms with Crippen molar-refractivity contribution in [2.24, 2.45) is 11.7 Å². The third kappa shape index (κ3) is 3.84. The minimum Gasteiger partial charge on any atom is -0.451 e. The molecule has 1 aromatic heterocycles. The summed E-state index contributed by atoms with van der Waals surface area (Å²) in [5.74, 6) is 1.83. The first-order valence-electron chi connectivity index (χ1n) is 7.04. The molecular formula is C14H22Br2N2O. The molecule has 1 aromatic rings. The van der Waals surface area contributed by atoms with Crippen LogP contribution >= 0.6 is 31.9 Å². The Labute approximate surface area is 132 Å². The molecule has 0 bridgehead atoms. The number of furan rings is 1. The number of hydrogen-bond acceptors (Lipinski definition) is 3. The van der Waals surface area contributed by atoms with E-state index in [4.69, 9.17) is 10.2 Å². The topological polar surface area (TPSA) is 42.4 Å². The van der Waals surface area contributed by atoms with Gasteiger partial charge in [-0.15, -0.1) is 0 Å². The third-order valence-corrected chi connectivity index (χ3v) is 5.83. The van der Waals surface area contributed by atoms with Crippen LogP contribution in [0.15, 0.2) is 19.6 Å². The van der Waals surface area contributed by atoms with Crippen LogP contribution in [0.1, 0.15) is 44.4 Å². The maximum atomic E-state index is 5.98. The second-order valence-corrected chi connectivity index (χ2v) is 6.84. The Morgan fingerprint density at radius 3 is 2.79 bits per heavy atom. The molecule has 2 atom stereocenters. The molecule has 5 heteroatoms. The van der Waals surface area contributed by atoms with E-state index in [1.54, 1.807) is 0 Å². The van der Waals surface area contributed by atoms with Crippen LogP contribution in [-0.4, -0.2) is 24.5 Å². The van der Waals surface area contributed by atoms with Gasteiger partial charge in [0.2, 0.25) is 0 Å². The van der Waals surface area contributed by atoms with Crippen LogP contribution in [0.5, 0.6) is 0 Å². The van der Waals surface area contributed by atoms with Gasteiger partial charge in [-0.25, -0.2) is 0 Å². The molecule has 0 amide bonds. The highest BCUT2D eigenvalue weighted by Gasteiger charge is 2.25. The zero-order valence-electron chi connectivity index (χ0n) is 11.4. The zero-order valence-corrected chi connectivity index (χ0v) is 14.5. The van der Waals surface area contributed by atoms with Gasteiger partial charge in [-0.2, -0.15) is 0 Å². The van der Waals surface area contributed by atoms with Crippen molar-refractivity contribution in [2.75, 3.05) is 19.6 Å². The Bertz CT molecular complexity index is 389. The van der Waals surface area contributed by atoms with E-state index in [9.17, 15) is 0 Å². The van der Waals surface area contributed by atoms with Crippen LogP contribution in [0.25, 0.3) is 0 Å². The highest BCUT2D eigenvalue weighted by molar-refractivity contribution is 9.13. The molecule has 108 valence electrons. The Morgan fingerprint density at radius 1 is 1.42 bits per heavy atom. The van der Waals surface area contributed by atoms with Crippen LogP contribution in [0, 0.1) is 5.92 Å². The van der Waals surface area contributed by atoms with Gasteiger partial charge in [-0.05, 0) is 76.2 Å². The van der Waals surface area contributed by atoms with Crippen molar-refractivity contribution >= 4 is 31.9 Å². The van der Waals surface area contributed by atoms with Crippen molar-refractivity contribution < 1.29 is 4.42 Å². The summed E-state index contributed by atoms with van der Waals surface area (Å²) < 4.78 is 7.48. The van der Waals surface area contributed by atoms with E-state index < -0.39 is 0 Å². The van der Waals surface area contributed by atoms with E-state index in [1.807, 2.05) is 6.07 Å². The lowest BCUT2D eigenvalue weighted by Gasteiger charge is -2.28. The Balaban J connectivity index is 2.08. The quantitative estimate of drug-likeness (QED) is 0.828. The average molecular weight is 394 g/mol. The molecule has 1 saturated heterocycles. The van der Waals surface area contributed by atoms with Crippen molar-refractivity contribution in [3.8, 4) is 0 Å². The molecule has 1 fully saturated rings. The van der Waals surface area contributed by atoms with Crippen LogP contribution in [0.2, 0.25) is 0 Å². The fourth-order valence-corrected chi connectivity index (χ4v) is 3.49. The van der Waals surface area contributed by atoms with Gasteiger partial charge >= 0.3 is 0 Å². The summed E-state index contributed by atoms with van der Waals surface area (Å²) in [6.45, 7) is 5.13. The number of likely N-dealkylation sites (tertiary alicyclic amines) is 1. The van der Waals surface area contributed by atoms with Crippen molar-refractivity contribution in [3.63, 3.8) is 0 Å². The lowest BCUT2D eigenvalue weighted by molar-refractivity contribution is 0.182. The van der Waals surface area contributed by atoms with E-state index in [0.29, 0.717) is 6.54 Å². The van der Waals surface area contributed by atoms with Crippen molar-refractivity contribution in [1.82, 2.24) is 4.90 Å². The molecule has 3 nitrogen and oxygen atoms in total. The molecule has 2 unspecified atom stereocenters. The summed E-state index contributed by atoms with van der Waals surface area (Å²) in [6.07, 6.45) is 5.17. The fraction of sp³-hybridized carbons (Fsp3) is 0.714. The van der Waals surface area contributed by atoms with E-state index in [1.165, 1.54) is 25.7 Å². The normalized spacial score (nSPS) is 23.3. The Morgan fingerprint density at radius 2 is 2.21 bits per heavy atom. The van der Waals surface area contributed by atoms with Gasteiger partial charge in [0, 0.05) is 6.54 Å². The van der Waals surface area contributed by atoms with E-state index in [2.05, 4.69) is 43.7 Å². The van der Waals surface area contributed by atoms with Crippen LogP contribution < -0.4 is 5.73 Å². The van der Waals surface area contributed by atoms with Gasteiger partial charge in [0.05, 0.1) is 10.5 Å². The lowest BCUT2D eigenvalue weighted by Crippen LogP contribution is -2.34. The Hall–Kier alpha value is 0.160. The lowest BCUT2D eigenvalue weighted by atomic mass is 9.98. The summed E-state index contributed by atoms with van der Waals surface area (Å²) >= 11 is 6.87. The molecular weight excluding hydrogens is 372 g/mol. The minimum atomic E-state index is 0.193. The average Bonchev–Trinajstić information content (AvgIpc) is 2.63. The summed E-state index contributed by atoms with van der Waals surface area (Å²) in [5, 5.41) is 0. The molecule has 1 aliphatic rings. The second kappa shape index (κ2) is 7.25. The van der Waals surface area contributed by atoms with Gasteiger partial charge in [-0.3, -0.25) is 4.90 Å². The molecule has 0 radical (unpaired) electrons. The third-order valence-electron chi connectivity index (χ3n) is 4.12. The highest BCUT2D eigenvalue weighted by atomic mass is 79.9. The standard InChI is InChI=1S/C14H22Br2N2O/c1-2-10-4-3-6-18(7-5-10)12(9-17)13-8-11(15)14(16)19-13/h8,10,12H,2-7,9,17H2,1H3. The Kier molecular flexibility index (Phi) is 5.93. The smallest absolute Gasteiger partial charge is 0.183 e. The molecule has 0 saturated carbocycles. The molecule has 0 aliphatic carbocycles. The molecule has 0 aromatic carbocycles. The van der Waals surface area contributed by atoms with Gasteiger partial charge in [0.1, 0.15) is 5.76 Å². The number of halogens is 2. The minimum absolute atomic E-state index is 0.193. The molecule has 2 rings (SSSR count). The first-order chi connectivity index (χ1) is 9.15. The predicted octanol–water partition coefficient (Wildman–Crippen LogP) is 4.32. The molecule has 19 heavy (non-hydrogen) atoms. The summed E-state index contributed by atoms with van der Waals surface area (Å²) in [7, 11) is 0. The van der Waals surface area contributed by atoms with Crippen LogP contribution in [-0.2, 0) is 0 Å².